The molecule has 0 atom stereocenters. The van der Waals surface area contributed by atoms with Crippen molar-refractivity contribution in [2.24, 2.45) is 0 Å². The van der Waals surface area contributed by atoms with Gasteiger partial charge in [-0.2, -0.15) is 0 Å². The Morgan fingerprint density at radius 2 is 1.54 bits per heavy atom. The van der Waals surface area contributed by atoms with E-state index < -0.39 is 0 Å². The molecular formula is C22H27N3O3. The fourth-order valence-corrected chi connectivity index (χ4v) is 3.73. The van der Waals surface area contributed by atoms with Gasteiger partial charge in [-0.05, 0) is 36.8 Å². The average Bonchev–Trinajstić information content (AvgIpc) is 2.75. The summed E-state index contributed by atoms with van der Waals surface area (Å²) in [6.45, 7) is 8.27. The monoisotopic (exact) mass is 381 g/mol. The molecule has 0 spiro atoms. The lowest BCUT2D eigenvalue weighted by Gasteiger charge is -2.33. The first-order valence-corrected chi connectivity index (χ1v) is 9.89. The Hall–Kier alpha value is -2.57. The average molecular weight is 381 g/mol. The smallest absolute Gasteiger partial charge is 0.255 e. The van der Waals surface area contributed by atoms with Crippen molar-refractivity contribution in [1.29, 1.82) is 0 Å². The number of hydrogen-bond donors (Lipinski definition) is 1. The Kier molecular flexibility index (Phi) is 5.78. The summed E-state index contributed by atoms with van der Waals surface area (Å²) in [6.07, 6.45) is 0. The molecule has 2 aromatic rings. The summed E-state index contributed by atoms with van der Waals surface area (Å²) in [5.41, 5.74) is 4.73. The maximum Gasteiger partial charge on any atom is 0.255 e. The second-order valence-corrected chi connectivity index (χ2v) is 7.17. The normalized spacial score (nSPS) is 17.5. The van der Waals surface area contributed by atoms with Crippen LogP contribution in [0.3, 0.4) is 0 Å². The van der Waals surface area contributed by atoms with Crippen molar-refractivity contribution in [3.05, 3.63) is 53.6 Å². The van der Waals surface area contributed by atoms with E-state index in [-0.39, 0.29) is 5.91 Å². The molecule has 6 nitrogen and oxygen atoms in total. The van der Waals surface area contributed by atoms with E-state index in [4.69, 9.17) is 9.47 Å². The van der Waals surface area contributed by atoms with Gasteiger partial charge in [0.25, 0.3) is 5.91 Å². The number of hydrogen-bond acceptors (Lipinski definition) is 5. The highest BCUT2D eigenvalue weighted by molar-refractivity contribution is 6.07. The van der Waals surface area contributed by atoms with E-state index in [2.05, 4.69) is 27.2 Å². The predicted molar refractivity (Wildman–Crippen MR) is 112 cm³/mol. The summed E-state index contributed by atoms with van der Waals surface area (Å²) in [6, 6.07) is 14.0. The van der Waals surface area contributed by atoms with Crippen LogP contribution >= 0.6 is 0 Å². The first-order valence-electron chi connectivity index (χ1n) is 9.89. The van der Waals surface area contributed by atoms with Crippen molar-refractivity contribution in [2.45, 2.75) is 6.92 Å². The predicted octanol–water partition coefficient (Wildman–Crippen LogP) is 2.92. The van der Waals surface area contributed by atoms with Crippen molar-refractivity contribution in [2.75, 3.05) is 67.7 Å². The van der Waals surface area contributed by atoms with Crippen LogP contribution in [-0.4, -0.2) is 58.5 Å². The third kappa shape index (κ3) is 4.13. The zero-order chi connectivity index (χ0) is 19.3. The van der Waals surface area contributed by atoms with Crippen LogP contribution in [0.1, 0.15) is 15.9 Å². The number of nitrogens with one attached hydrogen (secondary N) is 1. The molecule has 1 amide bonds. The van der Waals surface area contributed by atoms with Crippen LogP contribution in [0.15, 0.2) is 42.5 Å². The van der Waals surface area contributed by atoms with Crippen molar-refractivity contribution in [3.8, 4) is 0 Å². The molecule has 0 aromatic heterocycles. The molecule has 0 aliphatic carbocycles. The third-order valence-electron chi connectivity index (χ3n) is 5.35. The van der Waals surface area contributed by atoms with E-state index in [0.29, 0.717) is 18.8 Å². The second kappa shape index (κ2) is 8.63. The SMILES string of the molecule is Cc1ccccc1C(=O)Nc1ccc(N2CCOCC2)cc1N1CCOCC1. The Labute approximate surface area is 166 Å². The Bertz CT molecular complexity index is 828. The van der Waals surface area contributed by atoms with Crippen LogP contribution in [-0.2, 0) is 9.47 Å². The van der Waals surface area contributed by atoms with E-state index in [1.54, 1.807) is 0 Å². The molecule has 2 heterocycles. The van der Waals surface area contributed by atoms with Gasteiger partial charge in [0.05, 0.1) is 37.8 Å². The minimum absolute atomic E-state index is 0.0771. The van der Waals surface area contributed by atoms with Crippen LogP contribution in [0.4, 0.5) is 17.1 Å². The summed E-state index contributed by atoms with van der Waals surface area (Å²) in [5.74, 6) is -0.0771. The fourth-order valence-electron chi connectivity index (χ4n) is 3.73. The summed E-state index contributed by atoms with van der Waals surface area (Å²) in [5, 5.41) is 3.13. The van der Waals surface area contributed by atoms with Crippen LogP contribution in [0.5, 0.6) is 0 Å². The number of aryl methyl sites for hydroxylation is 1. The van der Waals surface area contributed by atoms with E-state index >= 15 is 0 Å². The van der Waals surface area contributed by atoms with Crippen LogP contribution < -0.4 is 15.1 Å². The van der Waals surface area contributed by atoms with Gasteiger partial charge in [-0.1, -0.05) is 18.2 Å². The molecule has 28 heavy (non-hydrogen) atoms. The van der Waals surface area contributed by atoms with Gasteiger partial charge in [0.2, 0.25) is 0 Å². The summed E-state index contributed by atoms with van der Waals surface area (Å²) in [7, 11) is 0. The van der Waals surface area contributed by atoms with Crippen LogP contribution in [0.2, 0.25) is 0 Å². The highest BCUT2D eigenvalue weighted by Crippen LogP contribution is 2.32. The zero-order valence-electron chi connectivity index (χ0n) is 16.3. The lowest BCUT2D eigenvalue weighted by atomic mass is 10.1. The number of benzene rings is 2. The zero-order valence-corrected chi connectivity index (χ0v) is 16.3. The first-order chi connectivity index (χ1) is 13.7. The molecule has 1 N–H and O–H groups in total. The summed E-state index contributed by atoms with van der Waals surface area (Å²) < 4.78 is 11.0. The van der Waals surface area contributed by atoms with Crippen LogP contribution in [0.25, 0.3) is 0 Å². The van der Waals surface area contributed by atoms with Crippen molar-refractivity contribution in [3.63, 3.8) is 0 Å². The number of carbonyl (C=O) groups is 1. The van der Waals surface area contributed by atoms with Gasteiger partial charge in [-0.25, -0.2) is 0 Å². The molecule has 2 aromatic carbocycles. The topological polar surface area (TPSA) is 54.0 Å². The maximum absolute atomic E-state index is 12.9. The van der Waals surface area contributed by atoms with Gasteiger partial charge in [-0.15, -0.1) is 0 Å². The third-order valence-corrected chi connectivity index (χ3v) is 5.35. The number of morpholine rings is 2. The number of ether oxygens (including phenoxy) is 2. The second-order valence-electron chi connectivity index (χ2n) is 7.17. The summed E-state index contributed by atoms with van der Waals surface area (Å²) in [4.78, 5) is 17.5. The van der Waals surface area contributed by atoms with E-state index in [1.165, 1.54) is 5.69 Å². The van der Waals surface area contributed by atoms with Gasteiger partial charge in [0.1, 0.15) is 0 Å². The quantitative estimate of drug-likeness (QED) is 0.883. The van der Waals surface area contributed by atoms with Crippen molar-refractivity contribution in [1.82, 2.24) is 0 Å². The summed E-state index contributed by atoms with van der Waals surface area (Å²) >= 11 is 0. The molecule has 6 heteroatoms. The molecule has 2 fully saturated rings. The van der Waals surface area contributed by atoms with Gasteiger partial charge in [0.15, 0.2) is 0 Å². The number of amides is 1. The van der Waals surface area contributed by atoms with E-state index in [0.717, 1.165) is 56.3 Å². The maximum atomic E-state index is 12.9. The molecule has 0 saturated carbocycles. The minimum Gasteiger partial charge on any atom is -0.378 e. The fraction of sp³-hybridized carbons (Fsp3) is 0.409. The molecule has 0 unspecified atom stereocenters. The molecule has 2 saturated heterocycles. The van der Waals surface area contributed by atoms with Gasteiger partial charge in [-0.3, -0.25) is 4.79 Å². The van der Waals surface area contributed by atoms with Gasteiger partial charge < -0.3 is 24.6 Å². The highest BCUT2D eigenvalue weighted by atomic mass is 16.5. The van der Waals surface area contributed by atoms with Gasteiger partial charge >= 0.3 is 0 Å². The van der Waals surface area contributed by atoms with Crippen molar-refractivity contribution < 1.29 is 14.3 Å². The minimum atomic E-state index is -0.0771. The molecule has 0 radical (unpaired) electrons. The number of nitrogens with zero attached hydrogens (tertiary/aromatic N) is 2. The molecule has 2 aliphatic rings. The lowest BCUT2D eigenvalue weighted by Crippen LogP contribution is -2.38. The standard InChI is InChI=1S/C22H27N3O3/c1-17-4-2-3-5-19(17)22(26)23-20-7-6-18(24-8-12-27-13-9-24)16-21(20)25-10-14-28-15-11-25/h2-7,16H,8-15H2,1H3,(H,23,26). The molecule has 2 aliphatic heterocycles. The molecule has 148 valence electrons. The number of anilines is 3. The first kappa shape index (κ1) is 18.8. The molecule has 4 rings (SSSR count). The Morgan fingerprint density at radius 1 is 0.893 bits per heavy atom. The van der Waals surface area contributed by atoms with Gasteiger partial charge in [0, 0.05) is 37.4 Å². The number of carbonyl (C=O) groups excluding carboxylic acids is 1. The Morgan fingerprint density at radius 3 is 2.21 bits per heavy atom. The molecule has 0 bridgehead atoms. The molecular weight excluding hydrogens is 354 g/mol. The van der Waals surface area contributed by atoms with Crippen molar-refractivity contribution >= 4 is 23.0 Å². The van der Waals surface area contributed by atoms with Crippen LogP contribution in [0, 0.1) is 6.92 Å². The van der Waals surface area contributed by atoms with E-state index in [9.17, 15) is 4.79 Å². The Balaban J connectivity index is 1.63. The van der Waals surface area contributed by atoms with E-state index in [1.807, 2.05) is 37.3 Å². The lowest BCUT2D eigenvalue weighted by molar-refractivity contribution is 0.102. The number of rotatable bonds is 4. The largest absolute Gasteiger partial charge is 0.378 e. The highest BCUT2D eigenvalue weighted by Gasteiger charge is 2.20.